The van der Waals surface area contributed by atoms with E-state index in [9.17, 15) is 18.7 Å². The number of β-amino-alcohol motifs (C(OH)–C–C–N with tert-alkyl or cyclic N) is 1. The maximum absolute atomic E-state index is 14.2. The average molecular weight is 309 g/mol. The predicted octanol–water partition coefficient (Wildman–Crippen LogP) is 2.62. The van der Waals surface area contributed by atoms with Crippen LogP contribution in [0.25, 0.3) is 0 Å². The molecule has 22 heavy (non-hydrogen) atoms. The van der Waals surface area contributed by atoms with Crippen molar-refractivity contribution in [3.63, 3.8) is 0 Å². The van der Waals surface area contributed by atoms with Crippen molar-refractivity contribution in [1.82, 2.24) is 4.90 Å². The van der Waals surface area contributed by atoms with E-state index in [-0.39, 0.29) is 11.8 Å². The second-order valence-corrected chi connectivity index (χ2v) is 6.64. The molecule has 1 heterocycles. The van der Waals surface area contributed by atoms with E-state index in [1.54, 1.807) is 4.90 Å². The number of amides is 1. The number of aliphatic hydroxyl groups is 1. The minimum absolute atomic E-state index is 0.129. The van der Waals surface area contributed by atoms with E-state index in [1.165, 1.54) is 12.1 Å². The summed E-state index contributed by atoms with van der Waals surface area (Å²) in [7, 11) is 0. The molecule has 3 rings (SSSR count). The zero-order valence-electron chi connectivity index (χ0n) is 12.7. The molecule has 2 fully saturated rings. The van der Waals surface area contributed by atoms with Crippen LogP contribution in [0, 0.1) is 17.6 Å². The van der Waals surface area contributed by atoms with Crippen molar-refractivity contribution < 1.29 is 18.7 Å². The number of hydrogen-bond acceptors (Lipinski definition) is 2. The second kappa shape index (κ2) is 5.61. The van der Waals surface area contributed by atoms with Crippen LogP contribution in [0.1, 0.15) is 38.2 Å². The van der Waals surface area contributed by atoms with E-state index in [1.807, 2.05) is 6.92 Å². The van der Waals surface area contributed by atoms with Gasteiger partial charge in [0.15, 0.2) is 0 Å². The summed E-state index contributed by atoms with van der Waals surface area (Å²) in [4.78, 5) is 14.6. The summed E-state index contributed by atoms with van der Waals surface area (Å²) in [6.45, 7) is 2.84. The molecule has 0 unspecified atom stereocenters. The second-order valence-electron chi connectivity index (χ2n) is 6.64. The molecular formula is C17H21F2NO2. The summed E-state index contributed by atoms with van der Waals surface area (Å²) in [6.07, 6.45) is 2.23. The molecule has 0 aromatic heterocycles. The molecule has 1 saturated heterocycles. The minimum atomic E-state index is -0.877. The molecule has 120 valence electrons. The Morgan fingerprint density at radius 3 is 2.64 bits per heavy atom. The van der Waals surface area contributed by atoms with Gasteiger partial charge >= 0.3 is 0 Å². The summed E-state index contributed by atoms with van der Waals surface area (Å²) in [5.41, 5.74) is -0.587. The number of halogens is 2. The molecule has 3 nitrogen and oxygen atoms in total. The lowest BCUT2D eigenvalue weighted by Gasteiger charge is -2.46. The number of hydrogen-bond donors (Lipinski definition) is 1. The topological polar surface area (TPSA) is 40.5 Å². The third-order valence-corrected chi connectivity index (χ3v) is 5.27. The molecule has 1 aromatic rings. The Labute approximate surface area is 128 Å². The molecule has 1 saturated carbocycles. The van der Waals surface area contributed by atoms with Gasteiger partial charge in [0.2, 0.25) is 5.91 Å². The van der Waals surface area contributed by atoms with E-state index >= 15 is 0 Å². The number of nitrogens with zero attached hydrogens (tertiary/aromatic N) is 1. The van der Waals surface area contributed by atoms with Crippen LogP contribution in [0.4, 0.5) is 8.78 Å². The number of carbonyl (C=O) groups excluding carboxylic acids is 1. The van der Waals surface area contributed by atoms with E-state index in [0.29, 0.717) is 31.5 Å². The zero-order chi connectivity index (χ0) is 15.9. The highest BCUT2D eigenvalue weighted by atomic mass is 19.1. The number of likely N-dealkylation sites (tertiary alicyclic amines) is 1. The first-order valence-electron chi connectivity index (χ1n) is 7.87. The number of carbonyl (C=O) groups is 1. The number of aliphatic hydroxyl groups excluding tert-OH is 1. The highest BCUT2D eigenvalue weighted by Gasteiger charge is 2.49. The maximum atomic E-state index is 14.2. The fourth-order valence-corrected chi connectivity index (χ4v) is 3.54. The van der Waals surface area contributed by atoms with E-state index < -0.39 is 23.2 Å². The van der Waals surface area contributed by atoms with Crippen LogP contribution < -0.4 is 0 Å². The zero-order valence-corrected chi connectivity index (χ0v) is 12.7. The Morgan fingerprint density at radius 2 is 2.09 bits per heavy atom. The molecule has 1 aliphatic heterocycles. The standard InChI is InChI=1S/C17H21F2NO2/c1-11-5-8-20(10-15(11)21)16(22)17(6-2-7-17)13-4-3-12(18)9-14(13)19/h3-4,9,11,15,21H,2,5-8,10H2,1H3/t11-,15+/m0/s1. The van der Waals surface area contributed by atoms with Gasteiger partial charge in [-0.2, -0.15) is 0 Å². The van der Waals surface area contributed by atoms with Gasteiger partial charge in [0.05, 0.1) is 11.5 Å². The Bertz CT molecular complexity index is 586. The van der Waals surface area contributed by atoms with Gasteiger partial charge in [-0.15, -0.1) is 0 Å². The van der Waals surface area contributed by atoms with E-state index in [4.69, 9.17) is 0 Å². The van der Waals surface area contributed by atoms with E-state index in [2.05, 4.69) is 0 Å². The minimum Gasteiger partial charge on any atom is -0.391 e. The molecular weight excluding hydrogens is 288 g/mol. The maximum Gasteiger partial charge on any atom is 0.233 e. The fourth-order valence-electron chi connectivity index (χ4n) is 3.54. The Morgan fingerprint density at radius 1 is 1.36 bits per heavy atom. The fraction of sp³-hybridized carbons (Fsp3) is 0.588. The molecule has 2 atom stereocenters. The Hall–Kier alpha value is -1.49. The van der Waals surface area contributed by atoms with Crippen LogP contribution >= 0.6 is 0 Å². The number of benzene rings is 1. The third kappa shape index (κ3) is 2.41. The lowest BCUT2D eigenvalue weighted by Crippen LogP contribution is -2.55. The highest BCUT2D eigenvalue weighted by Crippen LogP contribution is 2.46. The molecule has 0 bridgehead atoms. The Kier molecular flexibility index (Phi) is 3.93. The van der Waals surface area contributed by atoms with Gasteiger partial charge in [-0.25, -0.2) is 8.78 Å². The van der Waals surface area contributed by atoms with Crippen LogP contribution in [0.15, 0.2) is 18.2 Å². The van der Waals surface area contributed by atoms with Crippen molar-refractivity contribution >= 4 is 5.91 Å². The molecule has 1 aromatic carbocycles. The Balaban J connectivity index is 1.88. The van der Waals surface area contributed by atoms with Gasteiger partial charge in [-0.3, -0.25) is 4.79 Å². The molecule has 2 aliphatic rings. The van der Waals surface area contributed by atoms with Crippen LogP contribution in [0.5, 0.6) is 0 Å². The number of piperidine rings is 1. The first-order valence-corrected chi connectivity index (χ1v) is 7.87. The third-order valence-electron chi connectivity index (χ3n) is 5.27. The molecule has 5 heteroatoms. The molecule has 0 radical (unpaired) electrons. The quantitative estimate of drug-likeness (QED) is 0.912. The first kappa shape index (κ1) is 15.4. The summed E-state index contributed by atoms with van der Waals surface area (Å²) < 4.78 is 27.3. The van der Waals surface area contributed by atoms with Gasteiger partial charge in [-0.05, 0) is 31.2 Å². The van der Waals surface area contributed by atoms with Crippen LogP contribution in [0.2, 0.25) is 0 Å². The van der Waals surface area contributed by atoms with E-state index in [0.717, 1.165) is 18.9 Å². The van der Waals surface area contributed by atoms with Crippen molar-refractivity contribution in [3.05, 3.63) is 35.4 Å². The molecule has 1 aliphatic carbocycles. The summed E-state index contributed by atoms with van der Waals surface area (Å²) in [6, 6.07) is 3.44. The average Bonchev–Trinajstić information content (AvgIpc) is 2.42. The van der Waals surface area contributed by atoms with Gasteiger partial charge in [0.25, 0.3) is 0 Å². The summed E-state index contributed by atoms with van der Waals surface area (Å²) in [5, 5.41) is 10.00. The van der Waals surface area contributed by atoms with Crippen LogP contribution in [0.3, 0.4) is 0 Å². The highest BCUT2D eigenvalue weighted by molar-refractivity contribution is 5.89. The van der Waals surface area contributed by atoms with Crippen LogP contribution in [-0.4, -0.2) is 35.1 Å². The smallest absolute Gasteiger partial charge is 0.233 e. The summed E-state index contributed by atoms with van der Waals surface area (Å²) >= 11 is 0. The SMILES string of the molecule is C[C@H]1CCN(C(=O)C2(c3ccc(F)cc3F)CCC2)C[C@H]1O. The molecule has 1 amide bonds. The van der Waals surface area contributed by atoms with Crippen LogP contribution in [-0.2, 0) is 10.2 Å². The van der Waals surface area contributed by atoms with Crippen molar-refractivity contribution in [3.8, 4) is 0 Å². The van der Waals surface area contributed by atoms with Gasteiger partial charge in [-0.1, -0.05) is 19.4 Å². The van der Waals surface area contributed by atoms with Gasteiger partial charge in [0, 0.05) is 24.7 Å². The van der Waals surface area contributed by atoms with Gasteiger partial charge < -0.3 is 10.0 Å². The van der Waals surface area contributed by atoms with Crippen molar-refractivity contribution in [2.75, 3.05) is 13.1 Å². The molecule has 1 N–H and O–H groups in total. The first-order chi connectivity index (χ1) is 10.4. The van der Waals surface area contributed by atoms with Crippen molar-refractivity contribution in [2.24, 2.45) is 5.92 Å². The summed E-state index contributed by atoms with van der Waals surface area (Å²) in [5.74, 6) is -1.25. The van der Waals surface area contributed by atoms with Crippen molar-refractivity contribution in [1.29, 1.82) is 0 Å². The van der Waals surface area contributed by atoms with Gasteiger partial charge in [0.1, 0.15) is 11.6 Å². The largest absolute Gasteiger partial charge is 0.391 e. The number of rotatable bonds is 2. The predicted molar refractivity (Wildman–Crippen MR) is 78.3 cm³/mol. The van der Waals surface area contributed by atoms with Crippen molar-refractivity contribution in [2.45, 2.75) is 44.1 Å². The monoisotopic (exact) mass is 309 g/mol. The molecule has 0 spiro atoms. The lowest BCUT2D eigenvalue weighted by molar-refractivity contribution is -0.145. The normalized spacial score (nSPS) is 27.4. The lowest BCUT2D eigenvalue weighted by atomic mass is 9.63.